The molecular weight excluding hydrogens is 544 g/mol. The Balaban J connectivity index is 1.60. The zero-order valence-corrected chi connectivity index (χ0v) is 22.3. The Bertz CT molecular complexity index is 1360. The molecule has 1 fully saturated rings. The van der Waals surface area contributed by atoms with Crippen LogP contribution in [0.25, 0.3) is 0 Å². The normalized spacial score (nSPS) is 22.4. The molecule has 0 radical (unpaired) electrons. The molecule has 220 valence electrons. The van der Waals surface area contributed by atoms with E-state index in [0.717, 1.165) is 4.57 Å². The zero-order valence-electron chi connectivity index (χ0n) is 22.3. The third-order valence-corrected chi connectivity index (χ3v) is 6.22. The number of nitrogens with one attached hydrogen (secondary N) is 1. The van der Waals surface area contributed by atoms with Gasteiger partial charge < -0.3 is 34.6 Å². The number of fused-ring (bicyclic) bond motifs is 2. The summed E-state index contributed by atoms with van der Waals surface area (Å²) in [4.78, 5) is 71.8. The number of anilines is 1. The van der Waals surface area contributed by atoms with E-state index in [-0.39, 0.29) is 42.3 Å². The van der Waals surface area contributed by atoms with Gasteiger partial charge in [-0.05, 0) is 24.5 Å². The average molecular weight is 575 g/mol. The summed E-state index contributed by atoms with van der Waals surface area (Å²) in [6, 6.07) is 6.07. The number of nitrogens with zero attached hydrogens (tertiary/aromatic N) is 2. The maximum atomic E-state index is 13.0. The van der Waals surface area contributed by atoms with Crippen LogP contribution in [0.15, 0.2) is 41.3 Å². The smallest absolute Gasteiger partial charge is 0.351 e. The van der Waals surface area contributed by atoms with E-state index in [1.54, 1.807) is 12.1 Å². The fourth-order valence-electron chi connectivity index (χ4n) is 4.22. The highest BCUT2D eigenvalue weighted by atomic mass is 16.7. The Morgan fingerprint density at radius 1 is 1.10 bits per heavy atom. The number of benzene rings is 1. The van der Waals surface area contributed by atoms with Crippen molar-refractivity contribution in [3.05, 3.63) is 58.1 Å². The lowest BCUT2D eigenvalue weighted by atomic mass is 10.0. The highest BCUT2D eigenvalue weighted by molar-refractivity contribution is 6.03. The Kier molecular flexibility index (Phi) is 9.31. The van der Waals surface area contributed by atoms with Gasteiger partial charge in [-0.25, -0.2) is 24.7 Å². The fraction of sp³-hybridized carbons (Fsp3) is 0.462. The second kappa shape index (κ2) is 12.9. The lowest BCUT2D eigenvalue weighted by molar-refractivity contribution is -0.152. The fourth-order valence-corrected chi connectivity index (χ4v) is 4.22. The van der Waals surface area contributed by atoms with Crippen LogP contribution in [0.1, 0.15) is 53.6 Å². The molecule has 41 heavy (non-hydrogen) atoms. The van der Waals surface area contributed by atoms with Crippen LogP contribution in [-0.4, -0.2) is 76.1 Å². The van der Waals surface area contributed by atoms with Crippen molar-refractivity contribution in [3.63, 3.8) is 0 Å². The highest BCUT2D eigenvalue weighted by Gasteiger charge is 2.52. The predicted molar refractivity (Wildman–Crippen MR) is 137 cm³/mol. The number of esters is 3. The number of carbonyl (C=O) groups excluding carboxylic acids is 4. The van der Waals surface area contributed by atoms with Crippen LogP contribution in [0.4, 0.5) is 5.82 Å². The van der Waals surface area contributed by atoms with E-state index in [0.29, 0.717) is 0 Å². The Morgan fingerprint density at radius 3 is 2.37 bits per heavy atom. The monoisotopic (exact) mass is 574 g/mol. The van der Waals surface area contributed by atoms with Gasteiger partial charge in [0.05, 0.1) is 17.5 Å². The summed E-state index contributed by atoms with van der Waals surface area (Å²) in [5.41, 5.74) is 7.02. The van der Waals surface area contributed by atoms with E-state index in [1.807, 2.05) is 13.8 Å². The van der Waals surface area contributed by atoms with Gasteiger partial charge >= 0.3 is 29.6 Å². The largest absolute Gasteiger partial charge is 0.462 e. The van der Waals surface area contributed by atoms with Gasteiger partial charge in [-0.2, -0.15) is 4.98 Å². The zero-order chi connectivity index (χ0) is 29.7. The van der Waals surface area contributed by atoms with E-state index < -0.39 is 66.8 Å². The molecule has 3 heterocycles. The summed E-state index contributed by atoms with van der Waals surface area (Å²) < 4.78 is 23.5. The molecule has 4 N–H and O–H groups in total. The number of carbonyl (C=O) groups is 4. The first-order chi connectivity index (χ1) is 19.6. The van der Waals surface area contributed by atoms with Gasteiger partial charge in [-0.15, -0.1) is 0 Å². The van der Waals surface area contributed by atoms with Gasteiger partial charge in [0.15, 0.2) is 24.3 Å². The number of aromatic nitrogens is 2. The van der Waals surface area contributed by atoms with Crippen molar-refractivity contribution in [1.82, 2.24) is 9.55 Å². The number of ether oxygens (including phenoxy) is 4. The van der Waals surface area contributed by atoms with E-state index in [4.69, 9.17) is 34.6 Å². The van der Waals surface area contributed by atoms with Crippen molar-refractivity contribution < 1.29 is 48.1 Å². The second-order valence-corrected chi connectivity index (χ2v) is 9.78. The summed E-state index contributed by atoms with van der Waals surface area (Å²) in [5.74, 6) is -3.12. The number of hydrogen-bond acceptors (Lipinski definition) is 14. The Morgan fingerprint density at radius 2 is 1.76 bits per heavy atom. The van der Waals surface area contributed by atoms with Crippen LogP contribution in [-0.2, 0) is 33.4 Å². The van der Waals surface area contributed by atoms with E-state index >= 15 is 0 Å². The molecule has 15 nitrogen and oxygen atoms in total. The Labute approximate surface area is 233 Å². The summed E-state index contributed by atoms with van der Waals surface area (Å²) in [6.07, 6.45) is -3.83. The summed E-state index contributed by atoms with van der Waals surface area (Å²) in [5, 5.41) is 9.03. The van der Waals surface area contributed by atoms with E-state index in [2.05, 4.69) is 10.5 Å². The minimum absolute atomic E-state index is 0.0404. The standard InChI is InChI=1S/C26H30N4O11/c1-13(2)11-19(32)41-29-18-7-9-30(26(36)28-18)22-21-20(17(38-22)12-37-25(35)16(27)8-10-31)39-23(33)14-5-3-4-6-15(14)24(34)40-21/h3-7,9,13,16-17,20-22,31H,8,10-12,27H2,1-2H3,(H,28,29,36)/t16-,17-,20-,21-,22-/m1/s1. The molecule has 0 amide bonds. The SMILES string of the molecule is CC(C)CC(=O)ONc1ccn([C@@H]2O[C@H](COC(=O)[C@H](N)CCO)[C@H]3OC(=O)c4ccccc4C(=O)O[C@H]32)c(=O)n1. The van der Waals surface area contributed by atoms with E-state index in [9.17, 15) is 24.0 Å². The molecule has 2 aliphatic rings. The maximum absolute atomic E-state index is 13.0. The molecule has 1 aromatic carbocycles. The number of aliphatic hydroxyl groups is 1. The molecule has 1 aromatic heterocycles. The first-order valence-corrected chi connectivity index (χ1v) is 12.8. The third-order valence-electron chi connectivity index (χ3n) is 6.22. The molecule has 0 bridgehead atoms. The first kappa shape index (κ1) is 29.6. The minimum Gasteiger partial charge on any atom is -0.462 e. The molecular formula is C26H30N4O11. The lowest BCUT2D eigenvalue weighted by Crippen LogP contribution is -2.44. The van der Waals surface area contributed by atoms with Crippen LogP contribution in [0.5, 0.6) is 0 Å². The quantitative estimate of drug-likeness (QED) is 0.195. The maximum Gasteiger partial charge on any atom is 0.351 e. The molecule has 2 aromatic rings. The van der Waals surface area contributed by atoms with Crippen molar-refractivity contribution in [3.8, 4) is 0 Å². The molecule has 4 rings (SSSR count). The molecule has 15 heteroatoms. The predicted octanol–water partition coefficient (Wildman–Crippen LogP) is 0.0744. The van der Waals surface area contributed by atoms with Gasteiger partial charge in [0.25, 0.3) is 0 Å². The molecule has 0 aliphatic carbocycles. The summed E-state index contributed by atoms with van der Waals surface area (Å²) in [6.45, 7) is 2.86. The summed E-state index contributed by atoms with van der Waals surface area (Å²) in [7, 11) is 0. The number of rotatable bonds is 10. The van der Waals surface area contributed by atoms with Crippen LogP contribution in [0.3, 0.4) is 0 Å². The average Bonchev–Trinajstić information content (AvgIpc) is 3.25. The molecule has 0 unspecified atom stereocenters. The molecule has 1 saturated heterocycles. The van der Waals surface area contributed by atoms with Crippen LogP contribution in [0.2, 0.25) is 0 Å². The van der Waals surface area contributed by atoms with E-state index in [1.165, 1.54) is 24.4 Å². The number of hydrogen-bond donors (Lipinski definition) is 3. The minimum atomic E-state index is -1.35. The molecule has 0 saturated carbocycles. The second-order valence-electron chi connectivity index (χ2n) is 9.78. The van der Waals surface area contributed by atoms with Gasteiger partial charge in [0, 0.05) is 18.9 Å². The number of aliphatic hydroxyl groups excluding tert-OH is 1. The topological polar surface area (TPSA) is 208 Å². The van der Waals surface area contributed by atoms with Crippen LogP contribution < -0.4 is 16.9 Å². The van der Waals surface area contributed by atoms with Gasteiger partial charge in [-0.3, -0.25) is 9.36 Å². The van der Waals surface area contributed by atoms with Crippen LogP contribution >= 0.6 is 0 Å². The lowest BCUT2D eigenvalue weighted by Gasteiger charge is -2.27. The molecule has 0 spiro atoms. The number of nitrogens with two attached hydrogens (primary N) is 1. The van der Waals surface area contributed by atoms with Crippen molar-refractivity contribution in [2.45, 2.75) is 57.3 Å². The third kappa shape index (κ3) is 6.87. The van der Waals surface area contributed by atoms with Crippen molar-refractivity contribution in [1.29, 1.82) is 0 Å². The molecule has 2 aliphatic heterocycles. The molecule has 5 atom stereocenters. The Hall–Kier alpha value is -4.34. The van der Waals surface area contributed by atoms with Crippen molar-refractivity contribution in [2.24, 2.45) is 11.7 Å². The van der Waals surface area contributed by atoms with Crippen LogP contribution in [0, 0.1) is 5.92 Å². The first-order valence-electron chi connectivity index (χ1n) is 12.8. The van der Waals surface area contributed by atoms with Gasteiger partial charge in [0.1, 0.15) is 18.8 Å². The van der Waals surface area contributed by atoms with Crippen molar-refractivity contribution >= 4 is 29.7 Å². The van der Waals surface area contributed by atoms with Crippen molar-refractivity contribution in [2.75, 3.05) is 18.7 Å². The van der Waals surface area contributed by atoms with Gasteiger partial charge in [0.2, 0.25) is 0 Å². The van der Waals surface area contributed by atoms with Gasteiger partial charge in [-0.1, -0.05) is 26.0 Å². The summed E-state index contributed by atoms with van der Waals surface area (Å²) >= 11 is 0. The highest BCUT2D eigenvalue weighted by Crippen LogP contribution is 2.36.